The molecule has 1 N–H and O–H groups in total. The van der Waals surface area contributed by atoms with Gasteiger partial charge in [-0.05, 0) is 38.1 Å². The zero-order valence-electron chi connectivity index (χ0n) is 16.9. The topological polar surface area (TPSA) is 77.1 Å². The van der Waals surface area contributed by atoms with Crippen molar-refractivity contribution in [3.63, 3.8) is 0 Å². The van der Waals surface area contributed by atoms with Crippen LogP contribution in [-0.2, 0) is 17.7 Å². The molecule has 2 heterocycles. The van der Waals surface area contributed by atoms with E-state index in [-0.39, 0.29) is 24.9 Å². The van der Waals surface area contributed by atoms with Crippen LogP contribution in [0, 0.1) is 0 Å². The van der Waals surface area contributed by atoms with E-state index in [1.165, 1.54) is 25.6 Å². The number of esters is 1. The molecule has 3 rings (SSSR count). The lowest BCUT2D eigenvalue weighted by Gasteiger charge is -2.22. The van der Waals surface area contributed by atoms with Crippen LogP contribution in [0.15, 0.2) is 18.2 Å². The number of hydrogen-bond acceptors (Lipinski definition) is 7. The number of hydrogen-bond donors (Lipinski definition) is 1. The molecule has 0 saturated carbocycles. The van der Waals surface area contributed by atoms with Gasteiger partial charge in [0.25, 0.3) is 5.91 Å². The second-order valence-corrected chi connectivity index (χ2v) is 7.52. The zero-order chi connectivity index (χ0) is 20.3. The van der Waals surface area contributed by atoms with Crippen molar-refractivity contribution in [2.24, 2.45) is 0 Å². The Balaban J connectivity index is 0.00000300. The predicted molar refractivity (Wildman–Crippen MR) is 115 cm³/mol. The minimum Gasteiger partial charge on any atom is -0.493 e. The fraction of sp³-hybridized carbons (Fsp3) is 0.400. The van der Waals surface area contributed by atoms with E-state index in [1.807, 2.05) is 7.05 Å². The Morgan fingerprint density at radius 2 is 2.00 bits per heavy atom. The molecule has 7 nitrogen and oxygen atoms in total. The van der Waals surface area contributed by atoms with Gasteiger partial charge in [-0.25, -0.2) is 4.79 Å². The lowest BCUT2D eigenvalue weighted by molar-refractivity contribution is 0.0526. The number of benzene rings is 1. The molecule has 1 aliphatic heterocycles. The Morgan fingerprint density at radius 1 is 1.24 bits per heavy atom. The summed E-state index contributed by atoms with van der Waals surface area (Å²) < 4.78 is 15.9. The average molecular weight is 441 g/mol. The summed E-state index contributed by atoms with van der Waals surface area (Å²) in [5.41, 5.74) is 1.76. The number of thiophene rings is 1. The average Bonchev–Trinajstić information content (AvgIpc) is 3.04. The van der Waals surface area contributed by atoms with Crippen molar-refractivity contribution in [3.05, 3.63) is 39.8 Å². The monoisotopic (exact) mass is 440 g/mol. The van der Waals surface area contributed by atoms with Crippen molar-refractivity contribution in [2.75, 3.05) is 39.7 Å². The lowest BCUT2D eigenvalue weighted by Crippen LogP contribution is -2.26. The first-order valence-corrected chi connectivity index (χ1v) is 9.84. The van der Waals surface area contributed by atoms with Gasteiger partial charge in [0.15, 0.2) is 11.5 Å². The first-order valence-electron chi connectivity index (χ1n) is 9.02. The Kier molecular flexibility index (Phi) is 7.89. The highest BCUT2D eigenvalue weighted by molar-refractivity contribution is 7.17. The highest BCUT2D eigenvalue weighted by Crippen LogP contribution is 2.38. The van der Waals surface area contributed by atoms with Gasteiger partial charge >= 0.3 is 5.97 Å². The summed E-state index contributed by atoms with van der Waals surface area (Å²) in [7, 11) is 5.03. The summed E-state index contributed by atoms with van der Waals surface area (Å²) >= 11 is 1.42. The molecular formula is C20H25ClN2O5S. The highest BCUT2D eigenvalue weighted by atomic mass is 35.5. The van der Waals surface area contributed by atoms with Gasteiger partial charge in [-0.2, -0.15) is 0 Å². The van der Waals surface area contributed by atoms with E-state index in [4.69, 9.17) is 14.2 Å². The number of para-hydroxylation sites is 1. The Morgan fingerprint density at radius 3 is 2.66 bits per heavy atom. The van der Waals surface area contributed by atoms with Crippen LogP contribution in [0.3, 0.4) is 0 Å². The van der Waals surface area contributed by atoms with Crippen LogP contribution in [0.25, 0.3) is 0 Å². The summed E-state index contributed by atoms with van der Waals surface area (Å²) in [6, 6.07) is 5.10. The molecule has 1 aromatic heterocycles. The molecule has 9 heteroatoms. The van der Waals surface area contributed by atoms with Gasteiger partial charge in [0.05, 0.1) is 32.0 Å². The molecule has 0 spiro atoms. The van der Waals surface area contributed by atoms with Gasteiger partial charge in [0, 0.05) is 18.0 Å². The molecule has 0 unspecified atom stereocenters. The number of likely N-dealkylation sites (N-methyl/N-ethyl adjacent to an activating group) is 1. The van der Waals surface area contributed by atoms with E-state index >= 15 is 0 Å². The van der Waals surface area contributed by atoms with Gasteiger partial charge in [-0.1, -0.05) is 6.07 Å². The Labute approximate surface area is 180 Å². The molecule has 0 aliphatic carbocycles. The molecule has 0 saturated heterocycles. The van der Waals surface area contributed by atoms with E-state index < -0.39 is 5.97 Å². The molecule has 0 atom stereocenters. The van der Waals surface area contributed by atoms with Crippen molar-refractivity contribution >= 4 is 40.6 Å². The van der Waals surface area contributed by atoms with Crippen molar-refractivity contribution in [1.82, 2.24) is 4.90 Å². The smallest absolute Gasteiger partial charge is 0.341 e. The summed E-state index contributed by atoms with van der Waals surface area (Å²) in [5, 5.41) is 3.40. The van der Waals surface area contributed by atoms with Crippen molar-refractivity contribution in [2.45, 2.75) is 19.9 Å². The molecule has 158 valence electrons. The van der Waals surface area contributed by atoms with Crippen LogP contribution < -0.4 is 14.8 Å². The third kappa shape index (κ3) is 4.66. The molecule has 1 amide bonds. The quantitative estimate of drug-likeness (QED) is 0.691. The molecule has 1 aromatic carbocycles. The highest BCUT2D eigenvalue weighted by Gasteiger charge is 2.29. The first-order chi connectivity index (χ1) is 13.5. The van der Waals surface area contributed by atoms with Gasteiger partial charge < -0.3 is 24.4 Å². The van der Waals surface area contributed by atoms with Gasteiger partial charge in [0.2, 0.25) is 0 Å². The van der Waals surface area contributed by atoms with E-state index in [9.17, 15) is 9.59 Å². The van der Waals surface area contributed by atoms with E-state index in [2.05, 4.69) is 10.2 Å². The molecule has 0 bridgehead atoms. The number of anilines is 1. The van der Waals surface area contributed by atoms with E-state index in [0.29, 0.717) is 27.6 Å². The molecular weight excluding hydrogens is 416 g/mol. The number of ether oxygens (including phenoxy) is 3. The first kappa shape index (κ1) is 23.0. The Hall–Kier alpha value is -2.29. The minimum absolute atomic E-state index is 0. The lowest BCUT2D eigenvalue weighted by atomic mass is 10.0. The van der Waals surface area contributed by atoms with Crippen molar-refractivity contribution < 1.29 is 23.8 Å². The molecule has 2 aromatic rings. The summed E-state index contributed by atoms with van der Waals surface area (Å²) in [4.78, 5) is 28.8. The summed E-state index contributed by atoms with van der Waals surface area (Å²) in [6.45, 7) is 3.64. The number of carbonyl (C=O) groups excluding carboxylic acids is 2. The van der Waals surface area contributed by atoms with Crippen LogP contribution in [0.2, 0.25) is 0 Å². The number of fused-ring (bicyclic) bond motifs is 1. The number of halogens is 1. The maximum atomic E-state index is 13.0. The van der Waals surface area contributed by atoms with E-state index in [0.717, 1.165) is 30.0 Å². The third-order valence-electron chi connectivity index (χ3n) is 4.60. The summed E-state index contributed by atoms with van der Waals surface area (Å²) in [6.07, 6.45) is 0.745. The summed E-state index contributed by atoms with van der Waals surface area (Å²) in [5.74, 6) is 0.0415. The largest absolute Gasteiger partial charge is 0.493 e. The van der Waals surface area contributed by atoms with Gasteiger partial charge in [-0.3, -0.25) is 4.79 Å². The Bertz CT molecular complexity index is 899. The number of carbonyl (C=O) groups is 2. The second-order valence-electron chi connectivity index (χ2n) is 6.41. The number of nitrogens with one attached hydrogen (secondary N) is 1. The maximum absolute atomic E-state index is 13.0. The van der Waals surface area contributed by atoms with Crippen LogP contribution in [0.1, 0.15) is 38.1 Å². The number of nitrogens with zero attached hydrogens (tertiary/aromatic N) is 1. The standard InChI is InChI=1S/C20H24N2O5S.ClH/c1-5-27-20(24)16-12-9-10-22(2)11-15(12)28-19(16)21-18(23)13-7-6-8-14(25-3)17(13)26-4;/h6-8H,5,9-11H2,1-4H3,(H,21,23);1H. The van der Waals surface area contributed by atoms with Crippen LogP contribution in [0.4, 0.5) is 5.00 Å². The SMILES string of the molecule is CCOC(=O)c1c(NC(=O)c2cccc(OC)c2OC)sc2c1CCN(C)C2.Cl. The third-order valence-corrected chi connectivity index (χ3v) is 5.73. The number of methoxy groups -OCH3 is 2. The molecule has 1 aliphatic rings. The van der Waals surface area contributed by atoms with Crippen molar-refractivity contribution in [3.8, 4) is 11.5 Å². The minimum atomic E-state index is -0.405. The molecule has 29 heavy (non-hydrogen) atoms. The normalized spacial score (nSPS) is 13.1. The number of amides is 1. The fourth-order valence-corrected chi connectivity index (χ4v) is 4.59. The molecule has 0 radical (unpaired) electrons. The predicted octanol–water partition coefficient (Wildman–Crippen LogP) is 3.60. The number of rotatable bonds is 6. The van der Waals surface area contributed by atoms with Crippen molar-refractivity contribution in [1.29, 1.82) is 0 Å². The van der Waals surface area contributed by atoms with Crippen LogP contribution in [0.5, 0.6) is 11.5 Å². The maximum Gasteiger partial charge on any atom is 0.341 e. The van der Waals surface area contributed by atoms with E-state index in [1.54, 1.807) is 25.1 Å². The molecule has 0 fully saturated rings. The van der Waals surface area contributed by atoms with Crippen LogP contribution in [-0.4, -0.2) is 51.2 Å². The van der Waals surface area contributed by atoms with Crippen LogP contribution >= 0.6 is 23.7 Å². The van der Waals surface area contributed by atoms with Gasteiger partial charge in [0.1, 0.15) is 5.00 Å². The second kappa shape index (κ2) is 9.96. The van der Waals surface area contributed by atoms with Gasteiger partial charge in [-0.15, -0.1) is 23.7 Å². The zero-order valence-corrected chi connectivity index (χ0v) is 18.5. The fourth-order valence-electron chi connectivity index (χ4n) is 3.27.